The third-order valence-corrected chi connectivity index (χ3v) is 4.71. The number of anilines is 2. The Morgan fingerprint density at radius 2 is 1.97 bits per heavy atom. The van der Waals surface area contributed by atoms with E-state index in [0.29, 0.717) is 17.1 Å². The number of rotatable bonds is 5. The molecule has 1 aromatic carbocycles. The first kappa shape index (κ1) is 18.7. The summed E-state index contributed by atoms with van der Waals surface area (Å²) in [4.78, 5) is 27.6. The second-order valence-electron chi connectivity index (χ2n) is 6.02. The number of hydrogen-bond donors (Lipinski definition) is 1. The summed E-state index contributed by atoms with van der Waals surface area (Å²) in [7, 11) is 0. The molecule has 0 aliphatic heterocycles. The van der Waals surface area contributed by atoms with Gasteiger partial charge in [0.1, 0.15) is 17.7 Å². The van der Waals surface area contributed by atoms with E-state index < -0.39 is 10.6 Å². The smallest absolute Gasteiger partial charge is 0.373 e. The number of halogens is 1. The SMILES string of the molecule is Cc1ccnc(Nc2ncnc(Oc3ccc(Br)c4cccnc34)c2[N+](=O)[O-])c1. The molecule has 0 atom stereocenters. The summed E-state index contributed by atoms with van der Waals surface area (Å²) in [5.41, 5.74) is 1.09. The normalized spacial score (nSPS) is 10.7. The topological polar surface area (TPSA) is 116 Å². The molecule has 0 amide bonds. The van der Waals surface area contributed by atoms with Crippen LogP contribution in [-0.4, -0.2) is 24.9 Å². The molecule has 0 aliphatic rings. The predicted octanol–water partition coefficient (Wildman–Crippen LogP) is 4.93. The van der Waals surface area contributed by atoms with E-state index in [1.54, 1.807) is 36.7 Å². The van der Waals surface area contributed by atoms with Crippen LogP contribution in [0.4, 0.5) is 17.3 Å². The Kier molecular flexibility index (Phi) is 5.00. The van der Waals surface area contributed by atoms with Crippen LogP contribution < -0.4 is 10.1 Å². The van der Waals surface area contributed by atoms with Gasteiger partial charge < -0.3 is 10.1 Å². The van der Waals surface area contributed by atoms with Crippen molar-refractivity contribution in [1.29, 1.82) is 0 Å². The molecule has 10 heteroatoms. The van der Waals surface area contributed by atoms with Crippen LogP contribution in [0, 0.1) is 17.0 Å². The molecule has 0 radical (unpaired) electrons. The van der Waals surface area contributed by atoms with E-state index in [4.69, 9.17) is 4.74 Å². The third-order valence-electron chi connectivity index (χ3n) is 4.02. The van der Waals surface area contributed by atoms with Crippen LogP contribution in [0.3, 0.4) is 0 Å². The number of fused-ring (bicyclic) bond motifs is 1. The number of aryl methyl sites for hydroxylation is 1. The molecule has 0 bridgehead atoms. The number of aromatic nitrogens is 4. The van der Waals surface area contributed by atoms with Gasteiger partial charge in [0.15, 0.2) is 5.75 Å². The van der Waals surface area contributed by atoms with E-state index in [0.717, 1.165) is 15.4 Å². The molecule has 0 unspecified atom stereocenters. The zero-order chi connectivity index (χ0) is 20.4. The van der Waals surface area contributed by atoms with Crippen molar-refractivity contribution in [2.75, 3.05) is 5.32 Å². The Balaban J connectivity index is 1.77. The molecule has 3 heterocycles. The highest BCUT2D eigenvalue weighted by atomic mass is 79.9. The highest BCUT2D eigenvalue weighted by Gasteiger charge is 2.26. The maximum Gasteiger partial charge on any atom is 0.373 e. The largest absolute Gasteiger partial charge is 0.431 e. The summed E-state index contributed by atoms with van der Waals surface area (Å²) in [6.07, 6.45) is 4.41. The van der Waals surface area contributed by atoms with Gasteiger partial charge in [-0.1, -0.05) is 22.0 Å². The van der Waals surface area contributed by atoms with Gasteiger partial charge in [-0.25, -0.2) is 9.97 Å². The maximum absolute atomic E-state index is 11.8. The van der Waals surface area contributed by atoms with E-state index >= 15 is 0 Å². The summed E-state index contributed by atoms with van der Waals surface area (Å²) in [6.45, 7) is 1.89. The van der Waals surface area contributed by atoms with Crippen molar-refractivity contribution in [2.45, 2.75) is 6.92 Å². The first-order valence-corrected chi connectivity index (χ1v) is 9.22. The Morgan fingerprint density at radius 3 is 2.76 bits per heavy atom. The summed E-state index contributed by atoms with van der Waals surface area (Å²) in [5, 5.41) is 15.4. The van der Waals surface area contributed by atoms with Gasteiger partial charge >= 0.3 is 11.6 Å². The number of hydrogen-bond acceptors (Lipinski definition) is 8. The Labute approximate surface area is 173 Å². The Hall–Kier alpha value is -3.66. The van der Waals surface area contributed by atoms with Crippen molar-refractivity contribution in [1.82, 2.24) is 19.9 Å². The molecule has 144 valence electrons. The lowest BCUT2D eigenvalue weighted by Gasteiger charge is -2.11. The minimum absolute atomic E-state index is 0.0209. The van der Waals surface area contributed by atoms with Gasteiger partial charge in [-0.05, 0) is 42.8 Å². The molecule has 29 heavy (non-hydrogen) atoms. The van der Waals surface area contributed by atoms with Crippen molar-refractivity contribution in [3.05, 3.63) is 75.3 Å². The number of nitrogens with one attached hydrogen (secondary N) is 1. The van der Waals surface area contributed by atoms with Crippen molar-refractivity contribution in [3.8, 4) is 11.6 Å². The van der Waals surface area contributed by atoms with E-state index in [-0.39, 0.29) is 11.7 Å². The van der Waals surface area contributed by atoms with Gasteiger partial charge in [0.2, 0.25) is 5.82 Å². The predicted molar refractivity (Wildman–Crippen MR) is 110 cm³/mol. The first-order chi connectivity index (χ1) is 14.0. The molecule has 3 aromatic heterocycles. The summed E-state index contributed by atoms with van der Waals surface area (Å²) < 4.78 is 6.64. The van der Waals surface area contributed by atoms with E-state index in [9.17, 15) is 10.1 Å². The number of benzene rings is 1. The van der Waals surface area contributed by atoms with E-state index in [1.807, 2.05) is 19.1 Å². The minimum Gasteiger partial charge on any atom is -0.431 e. The molecule has 0 saturated carbocycles. The fraction of sp³-hybridized carbons (Fsp3) is 0.0526. The molecule has 4 aromatic rings. The van der Waals surface area contributed by atoms with Crippen molar-refractivity contribution < 1.29 is 9.66 Å². The summed E-state index contributed by atoms with van der Waals surface area (Å²) >= 11 is 3.46. The van der Waals surface area contributed by atoms with Gasteiger partial charge in [-0.2, -0.15) is 4.98 Å². The molecule has 0 saturated heterocycles. The van der Waals surface area contributed by atoms with Gasteiger partial charge in [0.25, 0.3) is 0 Å². The molecule has 9 nitrogen and oxygen atoms in total. The lowest BCUT2D eigenvalue weighted by atomic mass is 10.2. The quantitative estimate of drug-likeness (QED) is 0.334. The second-order valence-corrected chi connectivity index (χ2v) is 6.88. The van der Waals surface area contributed by atoms with E-state index in [1.165, 1.54) is 6.33 Å². The summed E-state index contributed by atoms with van der Waals surface area (Å²) in [6, 6.07) is 10.7. The average molecular weight is 453 g/mol. The molecule has 1 N–H and O–H groups in total. The van der Waals surface area contributed by atoms with Crippen LogP contribution in [0.25, 0.3) is 10.9 Å². The number of pyridine rings is 2. The highest BCUT2D eigenvalue weighted by Crippen LogP contribution is 2.38. The standard InChI is InChI=1S/C19H13BrN6O3/c1-11-6-8-21-15(9-11)25-18-17(26(27)28)19(24-10-23-18)29-14-5-4-13(20)12-3-2-7-22-16(12)14/h2-10H,1H3,(H,21,23,24,25). The second kappa shape index (κ2) is 7.76. The number of nitro groups is 1. The zero-order valence-corrected chi connectivity index (χ0v) is 16.6. The van der Waals surface area contributed by atoms with Crippen LogP contribution in [0.2, 0.25) is 0 Å². The average Bonchev–Trinajstić information content (AvgIpc) is 2.70. The maximum atomic E-state index is 11.8. The Bertz CT molecular complexity index is 1230. The summed E-state index contributed by atoms with van der Waals surface area (Å²) in [5.74, 6) is 0.542. The Morgan fingerprint density at radius 1 is 1.10 bits per heavy atom. The van der Waals surface area contributed by atoms with Gasteiger partial charge in [0.05, 0.1) is 4.92 Å². The lowest BCUT2D eigenvalue weighted by Crippen LogP contribution is -2.04. The molecule has 4 rings (SSSR count). The van der Waals surface area contributed by atoms with Crippen molar-refractivity contribution >= 4 is 44.2 Å². The van der Waals surface area contributed by atoms with Crippen LogP contribution in [0.1, 0.15) is 5.56 Å². The molecule has 0 aliphatic carbocycles. The van der Waals surface area contributed by atoms with Crippen LogP contribution in [-0.2, 0) is 0 Å². The fourth-order valence-corrected chi connectivity index (χ4v) is 3.17. The van der Waals surface area contributed by atoms with Crippen molar-refractivity contribution in [3.63, 3.8) is 0 Å². The number of ether oxygens (including phenoxy) is 1. The molecule has 0 spiro atoms. The van der Waals surface area contributed by atoms with Gasteiger partial charge in [-0.3, -0.25) is 15.1 Å². The van der Waals surface area contributed by atoms with Gasteiger partial charge in [-0.15, -0.1) is 0 Å². The highest BCUT2D eigenvalue weighted by molar-refractivity contribution is 9.10. The van der Waals surface area contributed by atoms with E-state index in [2.05, 4.69) is 41.2 Å². The van der Waals surface area contributed by atoms with Crippen molar-refractivity contribution in [2.24, 2.45) is 0 Å². The van der Waals surface area contributed by atoms with Crippen LogP contribution in [0.15, 0.2) is 59.6 Å². The number of nitrogens with zero attached hydrogens (tertiary/aromatic N) is 5. The third kappa shape index (κ3) is 3.83. The monoisotopic (exact) mass is 452 g/mol. The van der Waals surface area contributed by atoms with Crippen LogP contribution >= 0.6 is 15.9 Å². The fourth-order valence-electron chi connectivity index (χ4n) is 2.72. The molecular weight excluding hydrogens is 440 g/mol. The van der Waals surface area contributed by atoms with Gasteiger partial charge in [0, 0.05) is 22.3 Å². The zero-order valence-electron chi connectivity index (χ0n) is 15.0. The lowest BCUT2D eigenvalue weighted by molar-refractivity contribution is -0.385. The molecule has 0 fully saturated rings. The molecular formula is C19H13BrN6O3. The first-order valence-electron chi connectivity index (χ1n) is 8.43. The van der Waals surface area contributed by atoms with Crippen LogP contribution in [0.5, 0.6) is 11.6 Å². The minimum atomic E-state index is -0.595.